The fourth-order valence-electron chi connectivity index (χ4n) is 0.977. The number of anilines is 1. The van der Waals surface area contributed by atoms with Crippen LogP contribution in [0.25, 0.3) is 0 Å². The molecule has 4 nitrogen and oxygen atoms in total. The summed E-state index contributed by atoms with van der Waals surface area (Å²) in [6.07, 6.45) is -2.85. The van der Waals surface area contributed by atoms with Crippen LogP contribution in [0.5, 0.6) is 0 Å². The molecular formula is C7H8F2N2O2. The van der Waals surface area contributed by atoms with E-state index < -0.39 is 24.2 Å². The molecule has 0 aliphatic carbocycles. The van der Waals surface area contributed by atoms with Crippen LogP contribution in [0, 0.1) is 0 Å². The van der Waals surface area contributed by atoms with Crippen LogP contribution in [0.4, 0.5) is 14.6 Å². The molecule has 0 aliphatic rings. The molecule has 6 heteroatoms. The van der Waals surface area contributed by atoms with Gasteiger partial charge in [-0.25, -0.2) is 8.78 Å². The fraction of sp³-hybridized carbons (Fsp3) is 0.286. The molecule has 1 aromatic heterocycles. The molecule has 0 radical (unpaired) electrons. The number of alkyl halides is 2. The monoisotopic (exact) mass is 190 g/mol. The van der Waals surface area contributed by atoms with E-state index in [0.29, 0.717) is 0 Å². The van der Waals surface area contributed by atoms with Gasteiger partial charge in [0.2, 0.25) is 0 Å². The third kappa shape index (κ3) is 1.83. The molecule has 0 saturated heterocycles. The number of H-pyrrole nitrogens is 1. The second kappa shape index (κ2) is 3.53. The summed E-state index contributed by atoms with van der Waals surface area (Å²) < 4.78 is 24.5. The van der Waals surface area contributed by atoms with Crippen LogP contribution in [-0.2, 0) is 6.61 Å². The number of hydrogen-bond donors (Lipinski definition) is 3. The summed E-state index contributed by atoms with van der Waals surface area (Å²) in [4.78, 5) is 13.1. The minimum Gasteiger partial charge on any atom is -0.391 e. The standard InChI is InChI=1S/C7H8F2N2O2/c8-7(9)6-3(2-12)4(13)1-5(10)11-6/h1,7,12H,2H2,(H3,10,11,13). The maximum Gasteiger partial charge on any atom is 0.278 e. The second-order valence-electron chi connectivity index (χ2n) is 2.44. The number of rotatable bonds is 2. The van der Waals surface area contributed by atoms with Gasteiger partial charge >= 0.3 is 0 Å². The lowest BCUT2D eigenvalue weighted by Gasteiger charge is -2.06. The van der Waals surface area contributed by atoms with Crippen molar-refractivity contribution in [1.29, 1.82) is 0 Å². The second-order valence-corrected chi connectivity index (χ2v) is 2.44. The number of pyridine rings is 1. The normalized spacial score (nSPS) is 10.8. The Kier molecular flexibility index (Phi) is 2.62. The van der Waals surface area contributed by atoms with Crippen molar-refractivity contribution >= 4 is 5.82 Å². The first-order chi connectivity index (χ1) is 6.06. The quantitative estimate of drug-likeness (QED) is 0.631. The highest BCUT2D eigenvalue weighted by Crippen LogP contribution is 2.19. The Bertz CT molecular complexity index is 362. The van der Waals surface area contributed by atoms with E-state index in [4.69, 9.17) is 10.8 Å². The number of hydrogen-bond acceptors (Lipinski definition) is 3. The molecule has 0 fully saturated rings. The number of aromatic amines is 1. The van der Waals surface area contributed by atoms with Crippen molar-refractivity contribution in [3.8, 4) is 0 Å². The van der Waals surface area contributed by atoms with Gasteiger partial charge in [0.1, 0.15) is 5.82 Å². The lowest BCUT2D eigenvalue weighted by molar-refractivity contribution is 0.141. The zero-order valence-corrected chi connectivity index (χ0v) is 6.55. The van der Waals surface area contributed by atoms with E-state index >= 15 is 0 Å². The molecule has 1 aromatic rings. The number of aromatic nitrogens is 1. The molecule has 0 aromatic carbocycles. The van der Waals surface area contributed by atoms with E-state index in [1.807, 2.05) is 0 Å². The van der Waals surface area contributed by atoms with Gasteiger partial charge < -0.3 is 15.8 Å². The van der Waals surface area contributed by atoms with Gasteiger partial charge in [-0.15, -0.1) is 0 Å². The Labute approximate surface area is 72.0 Å². The van der Waals surface area contributed by atoms with Crippen LogP contribution >= 0.6 is 0 Å². The van der Waals surface area contributed by atoms with Crippen molar-refractivity contribution in [3.63, 3.8) is 0 Å². The van der Waals surface area contributed by atoms with Gasteiger partial charge in [0.25, 0.3) is 6.43 Å². The van der Waals surface area contributed by atoms with Crippen LogP contribution in [-0.4, -0.2) is 10.1 Å². The van der Waals surface area contributed by atoms with Gasteiger partial charge in [0.05, 0.1) is 17.9 Å². The number of nitrogen functional groups attached to an aromatic ring is 1. The molecule has 72 valence electrons. The molecule has 0 atom stereocenters. The lowest BCUT2D eigenvalue weighted by Crippen LogP contribution is -2.15. The van der Waals surface area contributed by atoms with Crippen molar-refractivity contribution in [2.45, 2.75) is 13.0 Å². The first-order valence-electron chi connectivity index (χ1n) is 3.47. The summed E-state index contributed by atoms with van der Waals surface area (Å²) in [6, 6.07) is 0.956. The zero-order valence-electron chi connectivity index (χ0n) is 6.55. The summed E-state index contributed by atoms with van der Waals surface area (Å²) >= 11 is 0. The zero-order chi connectivity index (χ0) is 10.0. The minimum absolute atomic E-state index is 0.141. The maximum absolute atomic E-state index is 12.2. The Balaban J connectivity index is 3.38. The molecule has 0 amide bonds. The summed E-state index contributed by atoms with van der Waals surface area (Å²) in [5.41, 5.74) is 3.50. The Hall–Kier alpha value is -1.43. The highest BCUT2D eigenvalue weighted by Gasteiger charge is 2.16. The number of nitrogens with one attached hydrogen (secondary N) is 1. The Morgan fingerprint density at radius 1 is 1.62 bits per heavy atom. The molecule has 4 N–H and O–H groups in total. The van der Waals surface area contributed by atoms with E-state index in [2.05, 4.69) is 4.98 Å². The predicted molar refractivity (Wildman–Crippen MR) is 42.4 cm³/mol. The predicted octanol–water partition coefficient (Wildman–Crippen LogP) is 0.387. The molecule has 0 unspecified atom stereocenters. The first-order valence-corrected chi connectivity index (χ1v) is 3.47. The average Bonchev–Trinajstić information content (AvgIpc) is 2.02. The van der Waals surface area contributed by atoms with Crippen molar-refractivity contribution in [2.24, 2.45) is 0 Å². The largest absolute Gasteiger partial charge is 0.391 e. The van der Waals surface area contributed by atoms with Crippen LogP contribution < -0.4 is 11.2 Å². The van der Waals surface area contributed by atoms with Crippen molar-refractivity contribution in [3.05, 3.63) is 27.5 Å². The highest BCUT2D eigenvalue weighted by molar-refractivity contribution is 5.34. The minimum atomic E-state index is -2.85. The van der Waals surface area contributed by atoms with Gasteiger partial charge in [-0.2, -0.15) is 0 Å². The van der Waals surface area contributed by atoms with Gasteiger partial charge in [-0.3, -0.25) is 4.79 Å². The molecule has 1 heterocycles. The number of aliphatic hydroxyl groups excluding tert-OH is 1. The number of halogens is 2. The van der Waals surface area contributed by atoms with E-state index in [9.17, 15) is 13.6 Å². The van der Waals surface area contributed by atoms with E-state index in [1.54, 1.807) is 0 Å². The smallest absolute Gasteiger partial charge is 0.278 e. The lowest BCUT2D eigenvalue weighted by atomic mass is 10.2. The molecular weight excluding hydrogens is 182 g/mol. The summed E-state index contributed by atoms with van der Waals surface area (Å²) in [6.45, 7) is -0.727. The van der Waals surface area contributed by atoms with Crippen LogP contribution in [0.3, 0.4) is 0 Å². The van der Waals surface area contributed by atoms with Gasteiger partial charge in [0.15, 0.2) is 5.43 Å². The van der Waals surface area contributed by atoms with Gasteiger partial charge in [-0.05, 0) is 0 Å². The maximum atomic E-state index is 12.2. The number of aliphatic hydroxyl groups is 1. The third-order valence-corrected chi connectivity index (χ3v) is 1.56. The summed E-state index contributed by atoms with van der Waals surface area (Å²) in [7, 11) is 0. The summed E-state index contributed by atoms with van der Waals surface area (Å²) in [5.74, 6) is -0.141. The van der Waals surface area contributed by atoms with Crippen molar-refractivity contribution < 1.29 is 13.9 Å². The van der Waals surface area contributed by atoms with E-state index in [-0.39, 0.29) is 11.4 Å². The van der Waals surface area contributed by atoms with Crippen LogP contribution in [0.2, 0.25) is 0 Å². The molecule has 0 saturated carbocycles. The number of nitrogens with two attached hydrogens (primary N) is 1. The molecule has 1 rings (SSSR count). The first kappa shape index (κ1) is 9.66. The van der Waals surface area contributed by atoms with E-state index in [1.165, 1.54) is 0 Å². The molecule has 0 spiro atoms. The third-order valence-electron chi connectivity index (χ3n) is 1.56. The van der Waals surface area contributed by atoms with Crippen molar-refractivity contribution in [2.75, 3.05) is 5.73 Å². The highest BCUT2D eigenvalue weighted by atomic mass is 19.3. The SMILES string of the molecule is Nc1cc(=O)c(CO)c(C(F)F)[nH]1. The van der Waals surface area contributed by atoms with Crippen LogP contribution in [0.1, 0.15) is 17.7 Å². The van der Waals surface area contributed by atoms with Gasteiger partial charge in [0, 0.05) is 6.07 Å². The molecule has 13 heavy (non-hydrogen) atoms. The Morgan fingerprint density at radius 3 is 2.69 bits per heavy atom. The summed E-state index contributed by atoms with van der Waals surface area (Å²) in [5, 5.41) is 8.64. The van der Waals surface area contributed by atoms with Gasteiger partial charge in [-0.1, -0.05) is 0 Å². The topological polar surface area (TPSA) is 79.1 Å². The molecule has 0 aliphatic heterocycles. The average molecular weight is 190 g/mol. The fourth-order valence-corrected chi connectivity index (χ4v) is 0.977. The molecule has 0 bridgehead atoms. The van der Waals surface area contributed by atoms with Crippen molar-refractivity contribution in [1.82, 2.24) is 4.98 Å². The van der Waals surface area contributed by atoms with Crippen LogP contribution in [0.15, 0.2) is 10.9 Å². The van der Waals surface area contributed by atoms with E-state index in [0.717, 1.165) is 6.07 Å². The Morgan fingerprint density at radius 2 is 2.23 bits per heavy atom.